The predicted octanol–water partition coefficient (Wildman–Crippen LogP) is 0.364. The second-order valence-electron chi connectivity index (χ2n) is 2.31. The lowest BCUT2D eigenvalue weighted by Crippen LogP contribution is -1.95. The van der Waals surface area contributed by atoms with Crippen LogP contribution in [0.25, 0.3) is 0 Å². The van der Waals surface area contributed by atoms with Crippen molar-refractivity contribution < 1.29 is 0 Å². The molecule has 3 nitrogen and oxygen atoms in total. The van der Waals surface area contributed by atoms with Gasteiger partial charge in [-0.15, -0.1) is 0 Å². The van der Waals surface area contributed by atoms with Crippen LogP contribution in [0.4, 0.5) is 5.69 Å². The first kappa shape index (κ1) is 8.57. The van der Waals surface area contributed by atoms with Crippen molar-refractivity contribution >= 4 is 5.69 Å². The van der Waals surface area contributed by atoms with Gasteiger partial charge in [0.1, 0.15) is 5.69 Å². The van der Waals surface area contributed by atoms with Crippen LogP contribution in [0, 0.1) is 11.8 Å². The molecule has 1 aromatic heterocycles. The third-order valence-electron chi connectivity index (χ3n) is 1.27. The number of pyridine rings is 1. The summed E-state index contributed by atoms with van der Waals surface area (Å²) in [5.41, 5.74) is 12.2. The average molecular weight is 161 g/mol. The number of hydrogen-bond acceptors (Lipinski definition) is 3. The van der Waals surface area contributed by atoms with Gasteiger partial charge >= 0.3 is 0 Å². The average Bonchev–Trinajstić information content (AvgIpc) is 2.05. The maximum absolute atomic E-state index is 5.53. The zero-order valence-corrected chi connectivity index (χ0v) is 6.75. The monoisotopic (exact) mass is 161 g/mol. The molecule has 0 fully saturated rings. The van der Waals surface area contributed by atoms with Gasteiger partial charge in [-0.3, -0.25) is 0 Å². The van der Waals surface area contributed by atoms with Crippen LogP contribution >= 0.6 is 0 Å². The normalized spacial score (nSPS) is 8.75. The van der Waals surface area contributed by atoms with Crippen LogP contribution in [-0.4, -0.2) is 11.5 Å². The first-order chi connectivity index (χ1) is 5.83. The molecule has 0 radical (unpaired) electrons. The summed E-state index contributed by atoms with van der Waals surface area (Å²) in [5.74, 6) is 5.75. The minimum absolute atomic E-state index is 0.579. The molecule has 0 bridgehead atoms. The summed E-state index contributed by atoms with van der Waals surface area (Å²) in [6.07, 6.45) is 2.33. The highest BCUT2D eigenvalue weighted by Crippen LogP contribution is 2.00. The number of nitrogens with two attached hydrogens (primary N) is 2. The van der Waals surface area contributed by atoms with Gasteiger partial charge in [0.15, 0.2) is 0 Å². The molecule has 0 saturated heterocycles. The molecule has 0 saturated carbocycles. The van der Waals surface area contributed by atoms with Gasteiger partial charge in [0.2, 0.25) is 0 Å². The quantitative estimate of drug-likeness (QED) is 0.585. The van der Waals surface area contributed by atoms with E-state index < -0.39 is 0 Å². The first-order valence-electron chi connectivity index (χ1n) is 3.73. The molecule has 3 heteroatoms. The molecule has 4 N–H and O–H groups in total. The molecule has 0 spiro atoms. The summed E-state index contributed by atoms with van der Waals surface area (Å²) >= 11 is 0. The summed E-state index contributed by atoms with van der Waals surface area (Å²) in [4.78, 5) is 4.02. The van der Waals surface area contributed by atoms with E-state index in [4.69, 9.17) is 11.5 Å². The maximum atomic E-state index is 5.53. The van der Waals surface area contributed by atoms with Crippen molar-refractivity contribution in [1.82, 2.24) is 4.98 Å². The molecule has 1 rings (SSSR count). The number of hydrogen-bond donors (Lipinski definition) is 2. The summed E-state index contributed by atoms with van der Waals surface area (Å²) in [7, 11) is 0. The minimum Gasteiger partial charge on any atom is -0.399 e. The molecule has 0 unspecified atom stereocenters. The highest BCUT2D eigenvalue weighted by Gasteiger charge is 1.87. The van der Waals surface area contributed by atoms with Crippen molar-refractivity contribution in [1.29, 1.82) is 0 Å². The minimum atomic E-state index is 0.579. The summed E-state index contributed by atoms with van der Waals surface area (Å²) < 4.78 is 0. The van der Waals surface area contributed by atoms with E-state index in [0.717, 1.165) is 0 Å². The summed E-state index contributed by atoms with van der Waals surface area (Å²) in [5, 5.41) is 0. The fourth-order valence-electron chi connectivity index (χ4n) is 0.740. The van der Waals surface area contributed by atoms with E-state index in [2.05, 4.69) is 16.8 Å². The smallest absolute Gasteiger partial charge is 0.115 e. The molecule has 0 aromatic carbocycles. The Hall–Kier alpha value is -1.53. The van der Waals surface area contributed by atoms with Crippen LogP contribution < -0.4 is 11.5 Å². The van der Waals surface area contributed by atoms with Gasteiger partial charge in [-0.2, -0.15) is 0 Å². The van der Waals surface area contributed by atoms with Crippen LogP contribution in [0.15, 0.2) is 18.3 Å². The summed E-state index contributed by atoms with van der Waals surface area (Å²) in [6.45, 7) is 0.579. The predicted molar refractivity (Wildman–Crippen MR) is 49.2 cm³/mol. The van der Waals surface area contributed by atoms with Gasteiger partial charge in [0.25, 0.3) is 0 Å². The molecule has 62 valence electrons. The number of nitrogen functional groups attached to an aromatic ring is 1. The largest absolute Gasteiger partial charge is 0.399 e. The van der Waals surface area contributed by atoms with Gasteiger partial charge in [-0.1, -0.05) is 5.92 Å². The standard InChI is InChI=1S/C9H11N3/c10-5-2-1-3-9-7-8(11)4-6-12-9/h4,6-7H,2,5,10H2,(H2,11,12). The number of rotatable bonds is 1. The Morgan fingerprint density at radius 2 is 2.33 bits per heavy atom. The second-order valence-corrected chi connectivity index (χ2v) is 2.31. The number of nitrogens with zero attached hydrogens (tertiary/aromatic N) is 1. The fourth-order valence-corrected chi connectivity index (χ4v) is 0.740. The van der Waals surface area contributed by atoms with Crippen LogP contribution in [0.1, 0.15) is 12.1 Å². The van der Waals surface area contributed by atoms with Crippen molar-refractivity contribution in [3.8, 4) is 11.8 Å². The molecule has 0 aliphatic carbocycles. The highest BCUT2D eigenvalue weighted by atomic mass is 14.7. The topological polar surface area (TPSA) is 64.9 Å². The lowest BCUT2D eigenvalue weighted by molar-refractivity contribution is 1.03. The zero-order valence-electron chi connectivity index (χ0n) is 6.75. The lowest BCUT2D eigenvalue weighted by atomic mass is 10.3. The molecule has 0 aliphatic heterocycles. The van der Waals surface area contributed by atoms with Gasteiger partial charge in [0, 0.05) is 24.8 Å². The van der Waals surface area contributed by atoms with Gasteiger partial charge in [-0.25, -0.2) is 4.98 Å². The Morgan fingerprint density at radius 3 is 3.00 bits per heavy atom. The first-order valence-corrected chi connectivity index (χ1v) is 3.73. The number of anilines is 1. The third kappa shape index (κ3) is 2.60. The second kappa shape index (κ2) is 4.37. The Balaban J connectivity index is 2.71. The lowest BCUT2D eigenvalue weighted by Gasteiger charge is -1.91. The van der Waals surface area contributed by atoms with E-state index in [1.165, 1.54) is 0 Å². The van der Waals surface area contributed by atoms with Crippen molar-refractivity contribution in [2.75, 3.05) is 12.3 Å². The van der Waals surface area contributed by atoms with E-state index >= 15 is 0 Å². The Bertz CT molecular complexity index is 309. The van der Waals surface area contributed by atoms with Crippen LogP contribution in [0.3, 0.4) is 0 Å². The highest BCUT2D eigenvalue weighted by molar-refractivity contribution is 5.42. The van der Waals surface area contributed by atoms with E-state index in [1.54, 1.807) is 18.3 Å². The van der Waals surface area contributed by atoms with Crippen LogP contribution in [0.2, 0.25) is 0 Å². The third-order valence-corrected chi connectivity index (χ3v) is 1.27. The van der Waals surface area contributed by atoms with Crippen molar-refractivity contribution in [3.63, 3.8) is 0 Å². The fraction of sp³-hybridized carbons (Fsp3) is 0.222. The van der Waals surface area contributed by atoms with Crippen molar-refractivity contribution in [3.05, 3.63) is 24.0 Å². The molecule has 0 amide bonds. The Labute approximate surface area is 71.8 Å². The maximum Gasteiger partial charge on any atom is 0.115 e. The Kier molecular flexibility index (Phi) is 3.12. The van der Waals surface area contributed by atoms with Crippen LogP contribution in [-0.2, 0) is 0 Å². The molecule has 0 aliphatic rings. The van der Waals surface area contributed by atoms with E-state index in [1.807, 2.05) is 0 Å². The molecular formula is C9H11N3. The van der Waals surface area contributed by atoms with Crippen molar-refractivity contribution in [2.24, 2.45) is 5.73 Å². The van der Waals surface area contributed by atoms with Crippen LogP contribution in [0.5, 0.6) is 0 Å². The molecular weight excluding hydrogens is 150 g/mol. The molecule has 0 atom stereocenters. The molecule has 12 heavy (non-hydrogen) atoms. The summed E-state index contributed by atoms with van der Waals surface area (Å²) in [6, 6.07) is 3.47. The van der Waals surface area contributed by atoms with E-state index in [9.17, 15) is 0 Å². The molecule has 1 aromatic rings. The van der Waals surface area contributed by atoms with Gasteiger partial charge in [0.05, 0.1) is 0 Å². The zero-order chi connectivity index (χ0) is 8.81. The van der Waals surface area contributed by atoms with Crippen molar-refractivity contribution in [2.45, 2.75) is 6.42 Å². The van der Waals surface area contributed by atoms with Gasteiger partial charge in [-0.05, 0) is 18.1 Å². The SMILES string of the molecule is NCCC#Cc1cc(N)ccn1. The van der Waals surface area contributed by atoms with E-state index in [0.29, 0.717) is 24.3 Å². The molecule has 1 heterocycles. The number of aromatic nitrogens is 1. The Morgan fingerprint density at radius 1 is 1.50 bits per heavy atom. The van der Waals surface area contributed by atoms with Gasteiger partial charge < -0.3 is 11.5 Å². The van der Waals surface area contributed by atoms with E-state index in [-0.39, 0.29) is 0 Å².